The molecule has 1 aliphatic rings. The van der Waals surface area contributed by atoms with Crippen LogP contribution in [0, 0.1) is 0 Å². The Labute approximate surface area is 116 Å². The topological polar surface area (TPSA) is 76.1 Å². The maximum Gasteiger partial charge on any atom is 0.410 e. The second-order valence-corrected chi connectivity index (χ2v) is 4.85. The van der Waals surface area contributed by atoms with Crippen LogP contribution in [0.3, 0.4) is 0 Å². The van der Waals surface area contributed by atoms with Crippen molar-refractivity contribution in [1.82, 2.24) is 4.90 Å². The third-order valence-electron chi connectivity index (χ3n) is 3.33. The van der Waals surface area contributed by atoms with E-state index in [1.807, 2.05) is 30.3 Å². The van der Waals surface area contributed by atoms with E-state index in [-0.39, 0.29) is 26.1 Å². The first-order valence-electron chi connectivity index (χ1n) is 6.27. The summed E-state index contributed by atoms with van der Waals surface area (Å²) >= 11 is 0. The number of carboxylic acid groups (broad SMARTS) is 1. The Balaban J connectivity index is 1.80. The zero-order valence-corrected chi connectivity index (χ0v) is 11.2. The van der Waals surface area contributed by atoms with E-state index < -0.39 is 17.7 Å². The fourth-order valence-corrected chi connectivity index (χ4v) is 2.18. The van der Waals surface area contributed by atoms with Crippen LogP contribution in [0.15, 0.2) is 30.3 Å². The number of carboxylic acids is 1. The first-order valence-corrected chi connectivity index (χ1v) is 6.27. The maximum atomic E-state index is 11.8. The first kappa shape index (κ1) is 14.3. The van der Waals surface area contributed by atoms with Crippen molar-refractivity contribution in [3.05, 3.63) is 35.9 Å². The lowest BCUT2D eigenvalue weighted by Crippen LogP contribution is -2.65. The van der Waals surface area contributed by atoms with Crippen LogP contribution in [0.1, 0.15) is 12.0 Å². The molecule has 0 aromatic heterocycles. The molecule has 20 heavy (non-hydrogen) atoms. The highest BCUT2D eigenvalue weighted by atomic mass is 16.6. The van der Waals surface area contributed by atoms with Gasteiger partial charge in [-0.2, -0.15) is 0 Å². The number of methoxy groups -OCH3 is 1. The highest BCUT2D eigenvalue weighted by Crippen LogP contribution is 2.28. The summed E-state index contributed by atoms with van der Waals surface area (Å²) in [5.41, 5.74) is 0.127. The van der Waals surface area contributed by atoms with Crippen molar-refractivity contribution in [2.75, 3.05) is 20.2 Å². The highest BCUT2D eigenvalue weighted by Gasteiger charge is 2.47. The standard InChI is InChI=1S/C14H17NO5/c1-19-14(7-12(16)17)9-15(10-14)13(18)20-8-11-5-3-2-4-6-11/h2-6H,7-10H2,1H3,(H,16,17). The minimum Gasteiger partial charge on any atom is -0.481 e. The molecule has 6 nitrogen and oxygen atoms in total. The predicted octanol–water partition coefficient (Wildman–Crippen LogP) is 1.50. The van der Waals surface area contributed by atoms with Gasteiger partial charge < -0.3 is 19.5 Å². The zero-order chi connectivity index (χ0) is 14.6. The minimum atomic E-state index is -0.941. The van der Waals surface area contributed by atoms with E-state index in [1.165, 1.54) is 12.0 Å². The number of rotatable bonds is 5. The third-order valence-corrected chi connectivity index (χ3v) is 3.33. The molecule has 6 heteroatoms. The van der Waals surface area contributed by atoms with Crippen LogP contribution in [0.4, 0.5) is 4.79 Å². The second kappa shape index (κ2) is 5.92. The van der Waals surface area contributed by atoms with Crippen LogP contribution in [0.25, 0.3) is 0 Å². The molecule has 2 rings (SSSR count). The molecule has 1 fully saturated rings. The van der Waals surface area contributed by atoms with Crippen molar-refractivity contribution >= 4 is 12.1 Å². The van der Waals surface area contributed by atoms with Gasteiger partial charge in [0.15, 0.2) is 0 Å². The smallest absolute Gasteiger partial charge is 0.410 e. The number of hydrogen-bond donors (Lipinski definition) is 1. The molecule has 1 aromatic carbocycles. The van der Waals surface area contributed by atoms with Gasteiger partial charge >= 0.3 is 12.1 Å². The summed E-state index contributed by atoms with van der Waals surface area (Å²) in [5, 5.41) is 8.81. The SMILES string of the molecule is COC1(CC(=O)O)CN(C(=O)OCc2ccccc2)C1. The van der Waals surface area contributed by atoms with Crippen LogP contribution < -0.4 is 0 Å². The van der Waals surface area contributed by atoms with Crippen molar-refractivity contribution in [2.45, 2.75) is 18.6 Å². The number of aliphatic carboxylic acids is 1. The molecule has 0 aliphatic carbocycles. The molecule has 0 atom stereocenters. The van der Waals surface area contributed by atoms with Crippen molar-refractivity contribution in [3.8, 4) is 0 Å². The summed E-state index contributed by atoms with van der Waals surface area (Å²) in [7, 11) is 1.45. The lowest BCUT2D eigenvalue weighted by molar-refractivity contribution is -0.157. The number of amides is 1. The molecule has 1 N–H and O–H groups in total. The molecule has 0 unspecified atom stereocenters. The summed E-state index contributed by atoms with van der Waals surface area (Å²) < 4.78 is 10.4. The van der Waals surface area contributed by atoms with Gasteiger partial charge in [-0.3, -0.25) is 4.79 Å². The summed E-state index contributed by atoms with van der Waals surface area (Å²) in [6.07, 6.45) is -0.571. The van der Waals surface area contributed by atoms with E-state index in [2.05, 4.69) is 0 Å². The Morgan fingerprint density at radius 2 is 1.95 bits per heavy atom. The molecule has 0 spiro atoms. The van der Waals surface area contributed by atoms with Gasteiger partial charge in [0, 0.05) is 7.11 Å². The van der Waals surface area contributed by atoms with E-state index in [0.717, 1.165) is 5.56 Å². The van der Waals surface area contributed by atoms with E-state index in [1.54, 1.807) is 0 Å². The largest absolute Gasteiger partial charge is 0.481 e. The Kier molecular flexibility index (Phi) is 4.24. The normalized spacial score (nSPS) is 16.4. The number of likely N-dealkylation sites (tertiary alicyclic amines) is 1. The number of carbonyl (C=O) groups is 2. The molecule has 1 saturated heterocycles. The van der Waals surface area contributed by atoms with Gasteiger partial charge in [0.2, 0.25) is 0 Å². The van der Waals surface area contributed by atoms with Gasteiger partial charge in [-0.05, 0) is 5.56 Å². The quantitative estimate of drug-likeness (QED) is 0.884. The van der Waals surface area contributed by atoms with Gasteiger partial charge in [-0.15, -0.1) is 0 Å². The summed E-state index contributed by atoms with van der Waals surface area (Å²) in [5.74, 6) is -0.941. The maximum absolute atomic E-state index is 11.8. The summed E-state index contributed by atoms with van der Waals surface area (Å²) in [6.45, 7) is 0.682. The summed E-state index contributed by atoms with van der Waals surface area (Å²) in [6, 6.07) is 9.37. The minimum absolute atomic E-state index is 0.119. The van der Waals surface area contributed by atoms with Crippen LogP contribution in [-0.4, -0.2) is 47.9 Å². The fraction of sp³-hybridized carbons (Fsp3) is 0.429. The molecule has 0 radical (unpaired) electrons. The molecule has 108 valence electrons. The number of carbonyl (C=O) groups excluding carboxylic acids is 1. The predicted molar refractivity (Wildman–Crippen MR) is 70.2 cm³/mol. The number of nitrogens with zero attached hydrogens (tertiary/aromatic N) is 1. The van der Waals surface area contributed by atoms with E-state index in [0.29, 0.717) is 0 Å². The van der Waals surface area contributed by atoms with E-state index in [4.69, 9.17) is 14.6 Å². The third kappa shape index (κ3) is 3.27. The average molecular weight is 279 g/mol. The Morgan fingerprint density at radius 3 is 2.50 bits per heavy atom. The first-order chi connectivity index (χ1) is 9.54. The Bertz CT molecular complexity index is 482. The molecular weight excluding hydrogens is 262 g/mol. The molecule has 0 bridgehead atoms. The number of ether oxygens (including phenoxy) is 2. The molecule has 0 saturated carbocycles. The van der Waals surface area contributed by atoms with Gasteiger partial charge in [-0.25, -0.2) is 4.79 Å². The van der Waals surface area contributed by atoms with Crippen molar-refractivity contribution in [1.29, 1.82) is 0 Å². The lowest BCUT2D eigenvalue weighted by atomic mass is 9.90. The lowest BCUT2D eigenvalue weighted by Gasteiger charge is -2.47. The Morgan fingerprint density at radius 1 is 1.30 bits per heavy atom. The Hall–Kier alpha value is -2.08. The average Bonchev–Trinajstić information content (AvgIpc) is 2.40. The molecule has 1 aromatic rings. The highest BCUT2D eigenvalue weighted by molar-refractivity contribution is 5.72. The monoisotopic (exact) mass is 279 g/mol. The van der Waals surface area contributed by atoms with Crippen molar-refractivity contribution < 1.29 is 24.2 Å². The van der Waals surface area contributed by atoms with Gasteiger partial charge in [0.1, 0.15) is 12.2 Å². The molecule has 1 heterocycles. The summed E-state index contributed by atoms with van der Waals surface area (Å²) in [4.78, 5) is 24.0. The van der Waals surface area contributed by atoms with Crippen LogP contribution in [0.5, 0.6) is 0 Å². The molecule has 1 amide bonds. The van der Waals surface area contributed by atoms with E-state index >= 15 is 0 Å². The second-order valence-electron chi connectivity index (χ2n) is 4.85. The van der Waals surface area contributed by atoms with Gasteiger partial charge in [0.05, 0.1) is 19.5 Å². The number of benzene rings is 1. The van der Waals surface area contributed by atoms with Gasteiger partial charge in [-0.1, -0.05) is 30.3 Å². The van der Waals surface area contributed by atoms with Crippen LogP contribution in [-0.2, 0) is 20.9 Å². The zero-order valence-electron chi connectivity index (χ0n) is 11.2. The number of hydrogen-bond acceptors (Lipinski definition) is 4. The van der Waals surface area contributed by atoms with E-state index in [9.17, 15) is 9.59 Å². The van der Waals surface area contributed by atoms with Crippen molar-refractivity contribution in [2.24, 2.45) is 0 Å². The molecular formula is C14H17NO5. The van der Waals surface area contributed by atoms with Crippen molar-refractivity contribution in [3.63, 3.8) is 0 Å². The fourth-order valence-electron chi connectivity index (χ4n) is 2.18. The molecule has 1 aliphatic heterocycles. The van der Waals surface area contributed by atoms with Gasteiger partial charge in [0.25, 0.3) is 0 Å². The van der Waals surface area contributed by atoms with Crippen LogP contribution in [0.2, 0.25) is 0 Å². The van der Waals surface area contributed by atoms with Crippen LogP contribution >= 0.6 is 0 Å².